The molecule has 0 unspecified atom stereocenters. The first-order chi connectivity index (χ1) is 15.7. The van der Waals surface area contributed by atoms with Gasteiger partial charge in [-0.2, -0.15) is 5.26 Å². The van der Waals surface area contributed by atoms with Crippen LogP contribution in [-0.2, 0) is 0 Å². The second-order valence-electron chi connectivity index (χ2n) is 7.09. The van der Waals surface area contributed by atoms with Crippen LogP contribution in [0.15, 0.2) is 77.0 Å². The van der Waals surface area contributed by atoms with Gasteiger partial charge in [-0.3, -0.25) is 9.20 Å². The number of fused-ring (bicyclic) bond motifs is 4. The summed E-state index contributed by atoms with van der Waals surface area (Å²) >= 11 is 2.90. The van der Waals surface area contributed by atoms with E-state index in [2.05, 4.69) is 11.4 Å². The van der Waals surface area contributed by atoms with E-state index in [-0.39, 0.29) is 5.56 Å². The highest BCUT2D eigenvalue weighted by atomic mass is 32.1. The molecule has 0 aliphatic heterocycles. The van der Waals surface area contributed by atoms with Crippen molar-refractivity contribution in [3.05, 3.63) is 88.2 Å². The fourth-order valence-electron chi connectivity index (χ4n) is 3.76. The average Bonchev–Trinajstić information content (AvgIpc) is 3.47. The van der Waals surface area contributed by atoms with Crippen LogP contribution in [0.4, 0.5) is 10.7 Å². The van der Waals surface area contributed by atoms with E-state index in [9.17, 15) is 10.1 Å². The first-order valence-electron chi connectivity index (χ1n) is 9.78. The summed E-state index contributed by atoms with van der Waals surface area (Å²) in [7, 11) is 0. The first-order valence-corrected chi connectivity index (χ1v) is 11.5. The second-order valence-corrected chi connectivity index (χ2v) is 9.06. The Bertz CT molecular complexity index is 1730. The third-order valence-corrected chi connectivity index (χ3v) is 7.17. The monoisotopic (exact) mass is 451 g/mol. The Kier molecular flexibility index (Phi) is 4.24. The van der Waals surface area contributed by atoms with E-state index in [0.29, 0.717) is 38.3 Å². The third-order valence-electron chi connectivity index (χ3n) is 5.19. The van der Waals surface area contributed by atoms with E-state index >= 15 is 0 Å². The lowest BCUT2D eigenvalue weighted by molar-refractivity contribution is 1.08. The number of rotatable bonds is 3. The summed E-state index contributed by atoms with van der Waals surface area (Å²) in [6.07, 6.45) is 1.71. The largest absolute Gasteiger partial charge is 0.346 e. The fraction of sp³-hybridized carbons (Fsp3) is 0. The number of anilines is 2. The quantitative estimate of drug-likeness (QED) is 0.344. The van der Waals surface area contributed by atoms with Gasteiger partial charge in [0.15, 0.2) is 0 Å². The molecule has 0 fully saturated rings. The average molecular weight is 452 g/mol. The van der Waals surface area contributed by atoms with Gasteiger partial charge in [0.05, 0.1) is 20.7 Å². The smallest absolute Gasteiger partial charge is 0.268 e. The Hall–Kier alpha value is -4.06. The molecule has 6 rings (SSSR count). The number of nitriles is 1. The molecule has 1 N–H and O–H groups in total. The van der Waals surface area contributed by atoms with Gasteiger partial charge in [0, 0.05) is 11.9 Å². The Morgan fingerprint density at radius 1 is 0.969 bits per heavy atom. The molecule has 0 aliphatic rings. The van der Waals surface area contributed by atoms with Gasteiger partial charge in [-0.25, -0.2) is 9.97 Å². The molecule has 152 valence electrons. The van der Waals surface area contributed by atoms with Crippen LogP contribution >= 0.6 is 22.7 Å². The number of thiophene rings is 2. The highest BCUT2D eigenvalue weighted by Gasteiger charge is 2.23. The van der Waals surface area contributed by atoms with Crippen LogP contribution in [0.2, 0.25) is 0 Å². The number of hydrogen-bond acceptors (Lipinski definition) is 7. The molecule has 0 saturated carbocycles. The lowest BCUT2D eigenvalue weighted by Gasteiger charge is -2.07. The van der Waals surface area contributed by atoms with Crippen LogP contribution < -0.4 is 10.9 Å². The van der Waals surface area contributed by atoms with Crippen LogP contribution in [0.1, 0.15) is 5.56 Å². The number of pyridine rings is 2. The van der Waals surface area contributed by atoms with Crippen LogP contribution in [-0.4, -0.2) is 14.4 Å². The normalized spacial score (nSPS) is 11.2. The van der Waals surface area contributed by atoms with Crippen molar-refractivity contribution in [3.63, 3.8) is 0 Å². The molecule has 0 aliphatic carbocycles. The second kappa shape index (κ2) is 7.27. The van der Waals surface area contributed by atoms with Gasteiger partial charge in [0.1, 0.15) is 33.3 Å². The maximum Gasteiger partial charge on any atom is 0.268 e. The minimum absolute atomic E-state index is 0.173. The summed E-state index contributed by atoms with van der Waals surface area (Å²) in [6.45, 7) is 0. The number of para-hydroxylation sites is 1. The van der Waals surface area contributed by atoms with Gasteiger partial charge in [-0.1, -0.05) is 30.3 Å². The molecule has 0 spiro atoms. The van der Waals surface area contributed by atoms with E-state index in [1.54, 1.807) is 18.3 Å². The summed E-state index contributed by atoms with van der Waals surface area (Å²) in [5, 5.41) is 16.4. The number of nitrogens with one attached hydrogen (secondary N) is 1. The number of aromatic nitrogens is 3. The lowest BCUT2D eigenvalue weighted by Crippen LogP contribution is -2.16. The summed E-state index contributed by atoms with van der Waals surface area (Å²) in [5.41, 5.74) is 3.38. The summed E-state index contributed by atoms with van der Waals surface area (Å²) in [6, 6.07) is 21.3. The zero-order valence-corrected chi connectivity index (χ0v) is 18.1. The standard InChI is InChI=1S/C24H13N5OS2/c25-13-15-19-22(32-23(15)26-14-7-2-1-3-8-14)21-18(20(28-19)16-9-6-12-31-16)24(30)29-11-5-4-10-17(29)27-21/h1-12,26H. The van der Waals surface area contributed by atoms with Gasteiger partial charge < -0.3 is 5.32 Å². The van der Waals surface area contributed by atoms with E-state index in [1.165, 1.54) is 27.1 Å². The maximum atomic E-state index is 13.5. The van der Waals surface area contributed by atoms with E-state index in [0.717, 1.165) is 15.3 Å². The SMILES string of the molecule is N#Cc1c(Nc2ccccc2)sc2c1nc(-c1cccs1)c1c(=O)n3ccccc3nc12. The minimum atomic E-state index is -0.173. The maximum absolute atomic E-state index is 13.5. The Balaban J connectivity index is 1.76. The summed E-state index contributed by atoms with van der Waals surface area (Å²) < 4.78 is 2.26. The van der Waals surface area contributed by atoms with E-state index < -0.39 is 0 Å². The Morgan fingerprint density at radius 3 is 2.59 bits per heavy atom. The molecule has 0 radical (unpaired) electrons. The number of hydrogen-bond donors (Lipinski definition) is 1. The van der Waals surface area contributed by atoms with Crippen LogP contribution in [0.5, 0.6) is 0 Å². The summed E-state index contributed by atoms with van der Waals surface area (Å²) in [5.74, 6) is 0. The van der Waals surface area contributed by atoms with Crippen molar-refractivity contribution in [2.75, 3.05) is 5.32 Å². The molecule has 32 heavy (non-hydrogen) atoms. The van der Waals surface area contributed by atoms with Crippen molar-refractivity contribution in [3.8, 4) is 16.6 Å². The predicted octanol–water partition coefficient (Wildman–Crippen LogP) is 5.80. The molecule has 5 aromatic heterocycles. The van der Waals surface area contributed by atoms with Gasteiger partial charge in [-0.05, 0) is 35.7 Å². The fourth-order valence-corrected chi connectivity index (χ4v) is 5.59. The highest BCUT2D eigenvalue weighted by Crippen LogP contribution is 2.41. The third kappa shape index (κ3) is 2.80. The minimum Gasteiger partial charge on any atom is -0.346 e. The molecule has 0 atom stereocenters. The van der Waals surface area contributed by atoms with Crippen molar-refractivity contribution in [2.45, 2.75) is 0 Å². The molecule has 8 heteroatoms. The van der Waals surface area contributed by atoms with Gasteiger partial charge in [0.25, 0.3) is 5.56 Å². The molecule has 0 saturated heterocycles. The van der Waals surface area contributed by atoms with Crippen LogP contribution in [0.25, 0.3) is 37.3 Å². The number of nitrogens with zero attached hydrogens (tertiary/aromatic N) is 4. The summed E-state index contributed by atoms with van der Waals surface area (Å²) in [4.78, 5) is 24.1. The zero-order chi connectivity index (χ0) is 21.7. The molecule has 0 bridgehead atoms. The van der Waals surface area contributed by atoms with E-state index in [1.807, 2.05) is 53.9 Å². The van der Waals surface area contributed by atoms with Gasteiger partial charge in [-0.15, -0.1) is 22.7 Å². The van der Waals surface area contributed by atoms with Crippen molar-refractivity contribution < 1.29 is 0 Å². The van der Waals surface area contributed by atoms with E-state index in [4.69, 9.17) is 9.97 Å². The van der Waals surface area contributed by atoms with Crippen molar-refractivity contribution >= 4 is 60.1 Å². The molecule has 0 amide bonds. The van der Waals surface area contributed by atoms with Crippen molar-refractivity contribution in [1.82, 2.24) is 14.4 Å². The molecule has 5 heterocycles. The van der Waals surface area contributed by atoms with Crippen LogP contribution in [0.3, 0.4) is 0 Å². The molecular formula is C24H13N5OS2. The first kappa shape index (κ1) is 18.7. The molecule has 1 aromatic carbocycles. The van der Waals surface area contributed by atoms with Crippen LogP contribution in [0, 0.1) is 11.3 Å². The Morgan fingerprint density at radius 2 is 1.81 bits per heavy atom. The lowest BCUT2D eigenvalue weighted by atomic mass is 10.1. The van der Waals surface area contributed by atoms with Gasteiger partial charge in [0.2, 0.25) is 0 Å². The topological polar surface area (TPSA) is 83.1 Å². The van der Waals surface area contributed by atoms with Crippen molar-refractivity contribution in [1.29, 1.82) is 5.26 Å². The van der Waals surface area contributed by atoms with Crippen molar-refractivity contribution in [2.24, 2.45) is 0 Å². The number of benzene rings is 1. The zero-order valence-electron chi connectivity index (χ0n) is 16.4. The highest BCUT2D eigenvalue weighted by molar-refractivity contribution is 7.24. The molecular weight excluding hydrogens is 438 g/mol. The van der Waals surface area contributed by atoms with Gasteiger partial charge >= 0.3 is 0 Å². The molecule has 6 aromatic rings. The Labute approximate surface area is 189 Å². The molecule has 6 nitrogen and oxygen atoms in total. The predicted molar refractivity (Wildman–Crippen MR) is 130 cm³/mol.